The molecule has 172 valence electrons. The first-order valence-corrected chi connectivity index (χ1v) is 9.40. The van der Waals surface area contributed by atoms with Gasteiger partial charge < -0.3 is 25.7 Å². The fourth-order valence-electron chi connectivity index (χ4n) is 2.73. The number of carbonyl (C=O) groups is 4. The standard InChI is InChI=1S/C17H23N3O4.C2HF3O2/c1-2-13(17(23)24)10-19-16(22)14-4-3-7-20(11-14)15(21)6-5-12-8-18-9-12;3-2(4,5)1(6)7/h1,5-6,12-14,18H,3-4,7-11H2,(H,19,22)(H,23,24);(H,6,7)/b6-5+;/t13-,14+;/m0./s1. The van der Waals surface area contributed by atoms with Gasteiger partial charge in [0.15, 0.2) is 0 Å². The van der Waals surface area contributed by atoms with Crippen LogP contribution in [-0.4, -0.2) is 77.8 Å². The number of aliphatic carboxylic acids is 2. The van der Waals surface area contributed by atoms with E-state index >= 15 is 0 Å². The number of terminal acetylenes is 1. The molecule has 0 spiro atoms. The van der Waals surface area contributed by atoms with Crippen molar-refractivity contribution in [3.05, 3.63) is 12.2 Å². The summed E-state index contributed by atoms with van der Waals surface area (Å²) in [5.41, 5.74) is 0. The number of hydrogen-bond donors (Lipinski definition) is 4. The van der Waals surface area contributed by atoms with Gasteiger partial charge in [0.2, 0.25) is 11.8 Å². The smallest absolute Gasteiger partial charge is 0.480 e. The third-order valence-corrected chi connectivity index (χ3v) is 4.65. The molecule has 2 atom stereocenters. The van der Waals surface area contributed by atoms with E-state index in [-0.39, 0.29) is 24.3 Å². The zero-order valence-corrected chi connectivity index (χ0v) is 16.5. The fraction of sp³-hybridized carbons (Fsp3) is 0.579. The Hall–Kier alpha value is -3.07. The van der Waals surface area contributed by atoms with Crippen LogP contribution in [0.3, 0.4) is 0 Å². The Morgan fingerprint density at radius 1 is 1.26 bits per heavy atom. The maximum absolute atomic E-state index is 12.2. The SMILES string of the molecule is C#C[C@@H](CNC(=O)[C@@H]1CCCN(C(=O)/C=C/C2CNC2)C1)C(=O)O.O=C(O)C(F)(F)F. The van der Waals surface area contributed by atoms with Gasteiger partial charge in [-0.15, -0.1) is 6.42 Å². The molecule has 2 aliphatic heterocycles. The summed E-state index contributed by atoms with van der Waals surface area (Å²) in [6.45, 7) is 2.69. The average Bonchev–Trinajstić information content (AvgIpc) is 2.66. The quantitative estimate of drug-likeness (QED) is 0.335. The molecule has 4 N–H and O–H groups in total. The van der Waals surface area contributed by atoms with Gasteiger partial charge in [0.1, 0.15) is 5.92 Å². The predicted octanol–water partition coefficient (Wildman–Crippen LogP) is 0.0841. The summed E-state index contributed by atoms with van der Waals surface area (Å²) >= 11 is 0. The highest BCUT2D eigenvalue weighted by Gasteiger charge is 2.38. The van der Waals surface area contributed by atoms with Crippen LogP contribution in [0.5, 0.6) is 0 Å². The minimum Gasteiger partial charge on any atom is -0.480 e. The zero-order chi connectivity index (χ0) is 23.6. The molecular formula is C19H24F3N3O6. The number of rotatable bonds is 6. The lowest BCUT2D eigenvalue weighted by atomic mass is 9.96. The average molecular weight is 447 g/mol. The Kier molecular flexibility index (Phi) is 10.0. The van der Waals surface area contributed by atoms with Crippen LogP contribution in [0.4, 0.5) is 13.2 Å². The van der Waals surface area contributed by atoms with E-state index in [0.29, 0.717) is 25.4 Å². The van der Waals surface area contributed by atoms with E-state index in [1.165, 1.54) is 0 Å². The van der Waals surface area contributed by atoms with Gasteiger partial charge in [-0.1, -0.05) is 12.0 Å². The number of halogens is 3. The topological polar surface area (TPSA) is 136 Å². The van der Waals surface area contributed by atoms with Crippen molar-refractivity contribution in [3.8, 4) is 12.3 Å². The number of hydrogen-bond acceptors (Lipinski definition) is 5. The monoisotopic (exact) mass is 447 g/mol. The van der Waals surface area contributed by atoms with E-state index in [1.807, 2.05) is 6.08 Å². The molecule has 0 unspecified atom stereocenters. The predicted molar refractivity (Wildman–Crippen MR) is 101 cm³/mol. The van der Waals surface area contributed by atoms with Crippen molar-refractivity contribution in [1.29, 1.82) is 0 Å². The number of carbonyl (C=O) groups excluding carboxylic acids is 2. The minimum atomic E-state index is -5.08. The van der Waals surface area contributed by atoms with Crippen LogP contribution in [0.15, 0.2) is 12.2 Å². The summed E-state index contributed by atoms with van der Waals surface area (Å²) in [5.74, 6) is -3.03. The van der Waals surface area contributed by atoms with Crippen molar-refractivity contribution in [3.63, 3.8) is 0 Å². The van der Waals surface area contributed by atoms with Crippen molar-refractivity contribution in [2.75, 3.05) is 32.7 Å². The Morgan fingerprint density at radius 3 is 2.32 bits per heavy atom. The number of nitrogens with one attached hydrogen (secondary N) is 2. The van der Waals surface area contributed by atoms with Crippen molar-refractivity contribution in [2.45, 2.75) is 19.0 Å². The maximum atomic E-state index is 12.2. The lowest BCUT2D eigenvalue weighted by Crippen LogP contribution is -2.46. The van der Waals surface area contributed by atoms with Crippen molar-refractivity contribution in [2.24, 2.45) is 17.8 Å². The first kappa shape index (κ1) is 26.0. The lowest BCUT2D eigenvalue weighted by molar-refractivity contribution is -0.192. The summed E-state index contributed by atoms with van der Waals surface area (Å²) in [6.07, 6.45) is 4.97. The highest BCUT2D eigenvalue weighted by Crippen LogP contribution is 2.17. The first-order valence-electron chi connectivity index (χ1n) is 9.40. The largest absolute Gasteiger partial charge is 0.490 e. The molecule has 0 aromatic carbocycles. The molecule has 0 aliphatic carbocycles. The second kappa shape index (κ2) is 11.9. The van der Waals surface area contributed by atoms with E-state index in [2.05, 4.69) is 16.6 Å². The minimum absolute atomic E-state index is 0.0774. The summed E-state index contributed by atoms with van der Waals surface area (Å²) in [5, 5.41) is 21.7. The molecular weight excluding hydrogens is 423 g/mol. The normalized spacial score (nSPS) is 19.9. The van der Waals surface area contributed by atoms with Crippen LogP contribution >= 0.6 is 0 Å². The van der Waals surface area contributed by atoms with Crippen LogP contribution in [0, 0.1) is 30.1 Å². The molecule has 2 amide bonds. The van der Waals surface area contributed by atoms with Crippen LogP contribution in [0.1, 0.15) is 12.8 Å². The van der Waals surface area contributed by atoms with Crippen LogP contribution in [-0.2, 0) is 19.2 Å². The summed E-state index contributed by atoms with van der Waals surface area (Å²) in [4.78, 5) is 45.8. The van der Waals surface area contributed by atoms with E-state index in [1.54, 1.807) is 11.0 Å². The molecule has 2 heterocycles. The van der Waals surface area contributed by atoms with Gasteiger partial charge in [-0.25, -0.2) is 4.79 Å². The summed E-state index contributed by atoms with van der Waals surface area (Å²) in [6, 6.07) is 0. The molecule has 0 saturated carbocycles. The van der Waals surface area contributed by atoms with Crippen molar-refractivity contribution >= 4 is 23.8 Å². The number of nitrogens with zero attached hydrogens (tertiary/aromatic N) is 1. The second-order valence-corrected chi connectivity index (χ2v) is 7.01. The highest BCUT2D eigenvalue weighted by atomic mass is 19.4. The second-order valence-electron chi connectivity index (χ2n) is 7.01. The molecule has 0 aromatic heterocycles. The van der Waals surface area contributed by atoms with Gasteiger partial charge in [-0.2, -0.15) is 13.2 Å². The van der Waals surface area contributed by atoms with Crippen LogP contribution < -0.4 is 10.6 Å². The summed E-state index contributed by atoms with van der Waals surface area (Å²) < 4.78 is 31.7. The lowest BCUT2D eigenvalue weighted by Gasteiger charge is -2.31. The number of amides is 2. The van der Waals surface area contributed by atoms with E-state index in [0.717, 1.165) is 19.5 Å². The maximum Gasteiger partial charge on any atom is 0.490 e. The molecule has 0 bridgehead atoms. The van der Waals surface area contributed by atoms with E-state index in [9.17, 15) is 27.6 Å². The molecule has 2 saturated heterocycles. The van der Waals surface area contributed by atoms with Gasteiger partial charge in [-0.05, 0) is 18.9 Å². The molecule has 2 aliphatic rings. The number of piperidine rings is 1. The number of carboxylic acid groups (broad SMARTS) is 2. The van der Waals surface area contributed by atoms with Gasteiger partial charge in [-0.3, -0.25) is 14.4 Å². The van der Waals surface area contributed by atoms with Crippen LogP contribution in [0.25, 0.3) is 0 Å². The number of carboxylic acids is 2. The molecule has 0 aromatic rings. The Morgan fingerprint density at radius 2 is 1.87 bits per heavy atom. The Bertz CT molecular complexity index is 743. The van der Waals surface area contributed by atoms with E-state index in [4.69, 9.17) is 21.4 Å². The number of likely N-dealkylation sites (tertiary alicyclic amines) is 1. The van der Waals surface area contributed by atoms with Crippen molar-refractivity contribution < 1.29 is 42.6 Å². The number of alkyl halides is 3. The Labute approximate surface area is 176 Å². The highest BCUT2D eigenvalue weighted by molar-refractivity contribution is 5.88. The zero-order valence-electron chi connectivity index (χ0n) is 16.5. The third-order valence-electron chi connectivity index (χ3n) is 4.65. The van der Waals surface area contributed by atoms with Crippen LogP contribution in [0.2, 0.25) is 0 Å². The van der Waals surface area contributed by atoms with Gasteiger partial charge in [0.25, 0.3) is 0 Å². The molecule has 12 heteroatoms. The molecule has 31 heavy (non-hydrogen) atoms. The molecule has 9 nitrogen and oxygen atoms in total. The van der Waals surface area contributed by atoms with Gasteiger partial charge in [0.05, 0.1) is 5.92 Å². The van der Waals surface area contributed by atoms with Gasteiger partial charge >= 0.3 is 18.1 Å². The van der Waals surface area contributed by atoms with Gasteiger partial charge in [0, 0.05) is 38.6 Å². The summed E-state index contributed by atoms with van der Waals surface area (Å²) in [7, 11) is 0. The third kappa shape index (κ3) is 9.08. The fourth-order valence-corrected chi connectivity index (χ4v) is 2.73. The Balaban J connectivity index is 0.000000592. The van der Waals surface area contributed by atoms with E-state index < -0.39 is 24.0 Å². The first-order chi connectivity index (χ1) is 14.5. The molecule has 2 fully saturated rings. The van der Waals surface area contributed by atoms with Crippen molar-refractivity contribution in [1.82, 2.24) is 15.5 Å². The molecule has 2 rings (SSSR count). The molecule has 0 radical (unpaired) electrons.